The van der Waals surface area contributed by atoms with Crippen molar-refractivity contribution in [3.05, 3.63) is 0 Å². The van der Waals surface area contributed by atoms with E-state index in [0.29, 0.717) is 30.1 Å². The zero-order chi connectivity index (χ0) is 30.4. The van der Waals surface area contributed by atoms with Crippen molar-refractivity contribution in [2.75, 3.05) is 13.2 Å². The van der Waals surface area contributed by atoms with E-state index in [1.54, 1.807) is 0 Å². The van der Waals surface area contributed by atoms with E-state index in [1.165, 1.54) is 0 Å². The molecule has 0 saturated heterocycles. The van der Waals surface area contributed by atoms with Crippen molar-refractivity contribution in [1.29, 1.82) is 0 Å². The van der Waals surface area contributed by atoms with Crippen molar-refractivity contribution in [2.45, 2.75) is 111 Å². The summed E-state index contributed by atoms with van der Waals surface area (Å²) < 4.78 is 74.3. The van der Waals surface area contributed by atoms with Crippen LogP contribution in [0.5, 0.6) is 0 Å². The van der Waals surface area contributed by atoms with E-state index in [1.807, 2.05) is 6.92 Å². The molecule has 0 radical (unpaired) electrons. The van der Waals surface area contributed by atoms with E-state index in [-0.39, 0.29) is 47.7 Å². The Labute approximate surface area is 246 Å². The summed E-state index contributed by atoms with van der Waals surface area (Å²) in [4.78, 5) is 0. The fraction of sp³-hybridized carbons (Fsp3) is 1.00. The van der Waals surface area contributed by atoms with E-state index in [2.05, 4.69) is 20.8 Å². The van der Waals surface area contributed by atoms with Gasteiger partial charge in [0.05, 0.1) is 12.7 Å². The zero-order valence-electron chi connectivity index (χ0n) is 25.0. The topological polar surface area (TPSA) is 168 Å². The van der Waals surface area contributed by atoms with Gasteiger partial charge in [0.15, 0.2) is 0 Å². The first-order valence-corrected chi connectivity index (χ1v) is 18.3. The maximum absolute atomic E-state index is 11.6. The molecule has 0 aromatic heterocycles. The van der Waals surface area contributed by atoms with Crippen LogP contribution >= 0.6 is 0 Å². The van der Waals surface area contributed by atoms with Crippen LogP contribution in [0, 0.1) is 58.2 Å². The molecule has 4 aliphatic rings. The molecule has 0 heterocycles. The van der Waals surface area contributed by atoms with Gasteiger partial charge in [-0.15, -0.1) is 0 Å². The first-order valence-electron chi connectivity index (χ1n) is 15.6. The van der Waals surface area contributed by atoms with E-state index >= 15 is 0 Å². The van der Waals surface area contributed by atoms with Crippen LogP contribution in [0.1, 0.15) is 98.3 Å². The second kappa shape index (κ2) is 12.6. The molecule has 240 valence electrons. The summed E-state index contributed by atoms with van der Waals surface area (Å²) in [6.45, 7) is 8.85. The summed E-state index contributed by atoms with van der Waals surface area (Å²) in [6, 6.07) is 0. The fourth-order valence-electron chi connectivity index (χ4n) is 10.4. The highest BCUT2D eigenvalue weighted by Gasteiger charge is 2.62. The lowest BCUT2D eigenvalue weighted by atomic mass is 9.44. The lowest BCUT2D eigenvalue weighted by Gasteiger charge is -2.62. The number of rotatable bonds is 12. The second-order valence-electron chi connectivity index (χ2n) is 14.3. The molecule has 4 aliphatic carbocycles. The Hall–Kier alpha value is -0.340. The Morgan fingerprint density at radius 3 is 2.10 bits per heavy atom. The van der Waals surface area contributed by atoms with Crippen molar-refractivity contribution < 1.29 is 44.5 Å². The molecule has 41 heavy (non-hydrogen) atoms. The highest BCUT2D eigenvalue weighted by atomic mass is 32.3. The lowest BCUT2D eigenvalue weighted by Crippen LogP contribution is -2.59. The molecule has 12 atom stereocenters. The van der Waals surface area contributed by atoms with Crippen molar-refractivity contribution in [3.8, 4) is 0 Å². The summed E-state index contributed by atoms with van der Waals surface area (Å²) in [7, 11) is -9.19. The summed E-state index contributed by atoms with van der Waals surface area (Å²) in [5.74, 6) is 1.94. The Morgan fingerprint density at radius 2 is 1.49 bits per heavy atom. The molecule has 4 N–H and O–H groups in total. The van der Waals surface area contributed by atoms with E-state index in [4.69, 9.17) is 8.37 Å². The summed E-state index contributed by atoms with van der Waals surface area (Å²) in [5.41, 5.74) is -0.144. The largest absolute Gasteiger partial charge is 0.397 e. The molecule has 0 bridgehead atoms. The monoisotopic (exact) mass is 624 g/mol. The maximum atomic E-state index is 11.6. The summed E-state index contributed by atoms with van der Waals surface area (Å²) in [5, 5.41) is 20.9. The molecular formula is C29H52O10S2. The van der Waals surface area contributed by atoms with Gasteiger partial charge in [-0.3, -0.25) is 9.11 Å². The molecule has 4 saturated carbocycles. The normalized spacial score (nSPS) is 41.6. The van der Waals surface area contributed by atoms with Gasteiger partial charge in [-0.1, -0.05) is 34.1 Å². The molecular weight excluding hydrogens is 572 g/mol. The van der Waals surface area contributed by atoms with Gasteiger partial charge in [0.1, 0.15) is 6.10 Å². The van der Waals surface area contributed by atoms with Crippen LogP contribution in [0.3, 0.4) is 0 Å². The molecule has 3 unspecified atom stereocenters. The second-order valence-corrected chi connectivity index (χ2v) is 16.4. The highest BCUT2D eigenvalue weighted by molar-refractivity contribution is 7.81. The third-order valence-corrected chi connectivity index (χ3v) is 13.5. The molecule has 4 fully saturated rings. The van der Waals surface area contributed by atoms with Gasteiger partial charge >= 0.3 is 20.8 Å². The minimum absolute atomic E-state index is 0.00576. The van der Waals surface area contributed by atoms with Crippen LogP contribution in [-0.4, -0.2) is 61.6 Å². The highest BCUT2D eigenvalue weighted by Crippen LogP contribution is 2.68. The van der Waals surface area contributed by atoms with Crippen LogP contribution in [-0.2, 0) is 29.2 Å². The number of aliphatic hydroxyl groups is 2. The molecule has 10 nitrogen and oxygen atoms in total. The molecule has 4 rings (SSSR count). The third kappa shape index (κ3) is 7.00. The van der Waals surface area contributed by atoms with Gasteiger partial charge < -0.3 is 10.2 Å². The quantitative estimate of drug-likeness (QED) is 0.224. The van der Waals surface area contributed by atoms with Gasteiger partial charge in [0.2, 0.25) is 0 Å². The van der Waals surface area contributed by atoms with Crippen LogP contribution in [0.2, 0.25) is 0 Å². The first kappa shape index (κ1) is 33.6. The van der Waals surface area contributed by atoms with Crippen molar-refractivity contribution in [1.82, 2.24) is 0 Å². The lowest BCUT2D eigenvalue weighted by molar-refractivity contribution is -0.171. The number of fused-ring (bicyclic) bond motifs is 5. The van der Waals surface area contributed by atoms with E-state index in [9.17, 15) is 36.2 Å². The molecule has 0 amide bonds. The first-order chi connectivity index (χ1) is 19.0. The van der Waals surface area contributed by atoms with Crippen LogP contribution < -0.4 is 0 Å². The van der Waals surface area contributed by atoms with Crippen LogP contribution in [0.4, 0.5) is 0 Å². The predicted molar refractivity (Wildman–Crippen MR) is 153 cm³/mol. The molecule has 0 aromatic carbocycles. The van der Waals surface area contributed by atoms with E-state index < -0.39 is 33.0 Å². The molecule has 0 aromatic rings. The Morgan fingerprint density at radius 1 is 0.854 bits per heavy atom. The third-order valence-electron chi connectivity index (χ3n) is 12.5. The van der Waals surface area contributed by atoms with Gasteiger partial charge in [0, 0.05) is 6.61 Å². The average Bonchev–Trinajstić information content (AvgIpc) is 3.23. The van der Waals surface area contributed by atoms with E-state index in [0.717, 1.165) is 64.2 Å². The average molecular weight is 625 g/mol. The molecule has 0 spiro atoms. The van der Waals surface area contributed by atoms with Gasteiger partial charge in [-0.2, -0.15) is 16.8 Å². The minimum Gasteiger partial charge on any atom is -0.396 e. The SMILES string of the molecule is CC[C@@H](CC[C@@H](COS(=O)(=O)O)[C@H]1CCC2C3CC[C@@H]4[C@H](O)[C@H](OS(=O)(=O)O)CC[C@]4(C)C3CC[C@@]21C)[C@H](C)CO. The van der Waals surface area contributed by atoms with Crippen molar-refractivity contribution in [2.24, 2.45) is 58.2 Å². The fourth-order valence-corrected chi connectivity index (χ4v) is 11.3. The molecule has 12 heteroatoms. The van der Waals surface area contributed by atoms with Crippen LogP contribution in [0.25, 0.3) is 0 Å². The molecule has 0 aliphatic heterocycles. The van der Waals surface area contributed by atoms with Crippen LogP contribution in [0.15, 0.2) is 0 Å². The Bertz CT molecular complexity index is 1110. The Balaban J connectivity index is 1.52. The van der Waals surface area contributed by atoms with Crippen molar-refractivity contribution >= 4 is 20.8 Å². The minimum atomic E-state index is -4.64. The summed E-state index contributed by atoms with van der Waals surface area (Å²) >= 11 is 0. The predicted octanol–water partition coefficient (Wildman–Crippen LogP) is 4.67. The number of aliphatic hydroxyl groups excluding tert-OH is 2. The Kier molecular flexibility index (Phi) is 10.3. The smallest absolute Gasteiger partial charge is 0.396 e. The zero-order valence-corrected chi connectivity index (χ0v) is 26.7. The van der Waals surface area contributed by atoms with Gasteiger partial charge in [0.25, 0.3) is 0 Å². The standard InChI is InChI=1S/C29H52O10S2/c1-5-19(18(2)16-30)6-7-20(17-38-40(32,33)34)22-10-11-23-21-8-9-25-27(31)26(39-41(35,36)37)13-15-29(25,4)24(21)12-14-28(22,23)3/h18-27,30-31H,5-17H2,1-4H3,(H,32,33,34)(H,35,36,37)/t18-,19+,20+,21?,22-,23?,24?,25-,26-,27+,28-,29-/m1/s1. The summed E-state index contributed by atoms with van der Waals surface area (Å²) in [6.07, 6.45) is 7.52. The maximum Gasteiger partial charge on any atom is 0.397 e. The van der Waals surface area contributed by atoms with Gasteiger partial charge in [-0.25, -0.2) is 8.37 Å². The number of hydrogen-bond acceptors (Lipinski definition) is 8. The van der Waals surface area contributed by atoms with Gasteiger partial charge in [-0.05, 0) is 122 Å². The number of hydrogen-bond donors (Lipinski definition) is 4. The van der Waals surface area contributed by atoms with Crippen molar-refractivity contribution in [3.63, 3.8) is 0 Å².